The molecule has 0 aliphatic carbocycles. The molecule has 5 nitrogen and oxygen atoms in total. The second-order valence-corrected chi connectivity index (χ2v) is 7.15. The van der Waals surface area contributed by atoms with Crippen LogP contribution in [-0.2, 0) is 17.5 Å². The Balaban J connectivity index is 1.63. The molecule has 0 unspecified atom stereocenters. The van der Waals surface area contributed by atoms with Crippen LogP contribution in [0.4, 0.5) is 13.2 Å². The summed E-state index contributed by atoms with van der Waals surface area (Å²) in [4.78, 5) is 19.6. The summed E-state index contributed by atoms with van der Waals surface area (Å²) in [7, 11) is 0. The average molecular weight is 358 g/mol. The Hall–Kier alpha value is -1.90. The van der Waals surface area contributed by atoms with Crippen LogP contribution in [-0.4, -0.2) is 38.7 Å². The molecule has 2 aromatic rings. The molecule has 1 aliphatic rings. The van der Waals surface area contributed by atoms with Crippen molar-refractivity contribution < 1.29 is 18.0 Å². The molecule has 0 N–H and O–H groups in total. The number of aromatic nitrogens is 3. The predicted octanol–water partition coefficient (Wildman–Crippen LogP) is 3.07. The number of carbonyl (C=O) groups is 1. The summed E-state index contributed by atoms with van der Waals surface area (Å²) in [6.45, 7) is 2.98. The van der Waals surface area contributed by atoms with Crippen LogP contribution in [0.15, 0.2) is 18.5 Å². The predicted molar refractivity (Wildman–Crippen MR) is 82.6 cm³/mol. The van der Waals surface area contributed by atoms with E-state index in [1.807, 2.05) is 13.1 Å². The van der Waals surface area contributed by atoms with Gasteiger partial charge in [0, 0.05) is 36.3 Å². The van der Waals surface area contributed by atoms with Gasteiger partial charge in [0.2, 0.25) is 5.91 Å². The van der Waals surface area contributed by atoms with Crippen LogP contribution >= 0.6 is 11.3 Å². The lowest BCUT2D eigenvalue weighted by molar-refractivity contribution is -0.142. The zero-order valence-electron chi connectivity index (χ0n) is 13.1. The van der Waals surface area contributed by atoms with Gasteiger partial charge in [-0.25, -0.2) is 4.98 Å². The van der Waals surface area contributed by atoms with E-state index < -0.39 is 11.9 Å². The number of aryl methyl sites for hydroxylation is 1. The molecular formula is C15H17F3N4OS. The van der Waals surface area contributed by atoms with Gasteiger partial charge in [0.05, 0.1) is 5.01 Å². The number of carbonyl (C=O) groups excluding carboxylic acids is 1. The first-order valence-corrected chi connectivity index (χ1v) is 8.45. The van der Waals surface area contributed by atoms with Gasteiger partial charge < -0.3 is 4.90 Å². The Morgan fingerprint density at radius 2 is 2.25 bits per heavy atom. The van der Waals surface area contributed by atoms with Crippen molar-refractivity contribution in [2.75, 3.05) is 13.1 Å². The number of alkyl halides is 3. The molecule has 24 heavy (non-hydrogen) atoms. The molecule has 0 spiro atoms. The van der Waals surface area contributed by atoms with Crippen molar-refractivity contribution in [1.82, 2.24) is 19.7 Å². The van der Waals surface area contributed by atoms with Gasteiger partial charge in [0.25, 0.3) is 0 Å². The molecule has 0 aromatic carbocycles. The maximum Gasteiger partial charge on any atom is 0.435 e. The lowest BCUT2D eigenvalue weighted by Gasteiger charge is -2.31. The summed E-state index contributed by atoms with van der Waals surface area (Å²) in [6, 6.07) is 0.880. The number of amides is 1. The highest BCUT2D eigenvalue weighted by Gasteiger charge is 2.34. The second kappa shape index (κ2) is 6.54. The first-order valence-electron chi connectivity index (χ1n) is 7.63. The van der Waals surface area contributed by atoms with Gasteiger partial charge in [-0.3, -0.25) is 9.48 Å². The van der Waals surface area contributed by atoms with E-state index >= 15 is 0 Å². The summed E-state index contributed by atoms with van der Waals surface area (Å²) >= 11 is 1.63. The molecule has 0 bridgehead atoms. The van der Waals surface area contributed by atoms with Gasteiger partial charge in [-0.1, -0.05) is 0 Å². The smallest absolute Gasteiger partial charge is 0.340 e. The third-order valence-electron chi connectivity index (χ3n) is 3.99. The van der Waals surface area contributed by atoms with Gasteiger partial charge >= 0.3 is 6.18 Å². The van der Waals surface area contributed by atoms with E-state index in [2.05, 4.69) is 10.1 Å². The van der Waals surface area contributed by atoms with Crippen LogP contribution in [0, 0.1) is 6.92 Å². The van der Waals surface area contributed by atoms with Crippen LogP contribution in [0.25, 0.3) is 0 Å². The molecule has 130 valence electrons. The number of halogens is 3. The highest BCUT2D eigenvalue weighted by Crippen LogP contribution is 2.30. The average Bonchev–Trinajstić information content (AvgIpc) is 3.16. The molecule has 2 aromatic heterocycles. The zero-order chi connectivity index (χ0) is 17.3. The third kappa shape index (κ3) is 3.77. The van der Waals surface area contributed by atoms with E-state index in [1.165, 1.54) is 6.20 Å². The molecule has 9 heteroatoms. The Morgan fingerprint density at radius 1 is 1.46 bits per heavy atom. The number of thiazole rings is 1. The summed E-state index contributed by atoms with van der Waals surface area (Å²) in [5.41, 5.74) is -0.981. The summed E-state index contributed by atoms with van der Waals surface area (Å²) in [5.74, 6) is -0.0189. The first kappa shape index (κ1) is 16.9. The number of hydrogen-bond donors (Lipinski definition) is 0. The molecule has 1 fully saturated rings. The van der Waals surface area contributed by atoms with E-state index in [9.17, 15) is 18.0 Å². The largest absolute Gasteiger partial charge is 0.435 e. The SMILES string of the molecule is Cc1cnc([C@H]2CCCN(C(=O)Cn3ccc(C(F)(F)F)n3)C2)s1. The van der Waals surface area contributed by atoms with Crippen LogP contribution in [0.3, 0.4) is 0 Å². The van der Waals surface area contributed by atoms with E-state index in [1.54, 1.807) is 16.2 Å². The van der Waals surface area contributed by atoms with E-state index in [0.717, 1.165) is 33.5 Å². The minimum absolute atomic E-state index is 0.181. The van der Waals surface area contributed by atoms with Crippen molar-refractivity contribution in [3.63, 3.8) is 0 Å². The molecule has 0 radical (unpaired) electrons. The molecule has 1 atom stereocenters. The quantitative estimate of drug-likeness (QED) is 0.847. The fourth-order valence-electron chi connectivity index (χ4n) is 2.81. The topological polar surface area (TPSA) is 51.0 Å². The Labute approximate surface area is 141 Å². The molecular weight excluding hydrogens is 341 g/mol. The number of likely N-dealkylation sites (tertiary alicyclic amines) is 1. The fraction of sp³-hybridized carbons (Fsp3) is 0.533. The molecule has 0 saturated carbocycles. The van der Waals surface area contributed by atoms with Crippen molar-refractivity contribution in [2.45, 2.75) is 38.4 Å². The van der Waals surface area contributed by atoms with Crippen molar-refractivity contribution in [3.05, 3.63) is 34.0 Å². The second-order valence-electron chi connectivity index (χ2n) is 5.88. The highest BCUT2D eigenvalue weighted by atomic mass is 32.1. The minimum atomic E-state index is -4.49. The summed E-state index contributed by atoms with van der Waals surface area (Å²) in [6.07, 6.45) is 0.349. The fourth-order valence-corrected chi connectivity index (χ4v) is 3.71. The van der Waals surface area contributed by atoms with Gasteiger partial charge in [0.15, 0.2) is 5.69 Å². The van der Waals surface area contributed by atoms with Crippen molar-refractivity contribution in [3.8, 4) is 0 Å². The number of piperidine rings is 1. The van der Waals surface area contributed by atoms with E-state index in [4.69, 9.17) is 0 Å². The maximum absolute atomic E-state index is 12.6. The Kier molecular flexibility index (Phi) is 4.62. The lowest BCUT2D eigenvalue weighted by Crippen LogP contribution is -2.40. The van der Waals surface area contributed by atoms with E-state index in [0.29, 0.717) is 13.1 Å². The van der Waals surface area contributed by atoms with Crippen LogP contribution in [0.1, 0.15) is 34.3 Å². The van der Waals surface area contributed by atoms with Crippen LogP contribution < -0.4 is 0 Å². The van der Waals surface area contributed by atoms with E-state index in [-0.39, 0.29) is 18.4 Å². The van der Waals surface area contributed by atoms with Crippen molar-refractivity contribution in [1.29, 1.82) is 0 Å². The number of hydrogen-bond acceptors (Lipinski definition) is 4. The van der Waals surface area contributed by atoms with Crippen LogP contribution in [0.2, 0.25) is 0 Å². The Morgan fingerprint density at radius 3 is 2.88 bits per heavy atom. The van der Waals surface area contributed by atoms with Crippen molar-refractivity contribution >= 4 is 17.2 Å². The molecule has 3 rings (SSSR count). The maximum atomic E-state index is 12.6. The Bertz CT molecular complexity index is 724. The summed E-state index contributed by atoms with van der Waals surface area (Å²) < 4.78 is 38.7. The van der Waals surface area contributed by atoms with Gasteiger partial charge in [0.1, 0.15) is 6.54 Å². The molecule has 1 saturated heterocycles. The molecule has 1 amide bonds. The van der Waals surface area contributed by atoms with Gasteiger partial charge in [-0.15, -0.1) is 11.3 Å². The highest BCUT2D eigenvalue weighted by molar-refractivity contribution is 7.11. The minimum Gasteiger partial charge on any atom is -0.340 e. The number of rotatable bonds is 3. The van der Waals surface area contributed by atoms with Gasteiger partial charge in [-0.05, 0) is 25.8 Å². The van der Waals surface area contributed by atoms with Crippen LogP contribution in [0.5, 0.6) is 0 Å². The molecule has 3 heterocycles. The number of nitrogens with zero attached hydrogens (tertiary/aromatic N) is 4. The monoisotopic (exact) mass is 358 g/mol. The summed E-state index contributed by atoms with van der Waals surface area (Å²) in [5, 5.41) is 4.45. The normalized spacial score (nSPS) is 18.8. The lowest BCUT2D eigenvalue weighted by atomic mass is 9.99. The standard InChI is InChI=1S/C15H17F3N4OS/c1-10-7-19-14(24-10)11-3-2-5-21(8-11)13(23)9-22-6-4-12(20-22)15(16,17)18/h4,6-7,11H,2-3,5,8-9H2,1H3/t11-/m0/s1. The zero-order valence-corrected chi connectivity index (χ0v) is 13.9. The molecule has 1 aliphatic heterocycles. The van der Waals surface area contributed by atoms with Gasteiger partial charge in [-0.2, -0.15) is 18.3 Å². The third-order valence-corrected chi connectivity index (χ3v) is 5.07. The van der Waals surface area contributed by atoms with Crippen molar-refractivity contribution in [2.24, 2.45) is 0 Å². The first-order chi connectivity index (χ1) is 11.3.